The van der Waals surface area contributed by atoms with E-state index in [1.807, 2.05) is 0 Å². The Balaban J connectivity index is 1.98. The standard InChI is InChI=1S/C9H19NO3/c1-2-9(7-13-8-9)6-12-5-3-4-10-11/h10-11H,2-8H2,1H3. The molecule has 2 N–H and O–H groups in total. The molecular formula is C9H19NO3. The fourth-order valence-electron chi connectivity index (χ4n) is 1.32. The summed E-state index contributed by atoms with van der Waals surface area (Å²) in [7, 11) is 0. The molecule has 4 heteroatoms. The van der Waals surface area contributed by atoms with Crippen LogP contribution in [0.3, 0.4) is 0 Å². The predicted molar refractivity (Wildman–Crippen MR) is 48.8 cm³/mol. The summed E-state index contributed by atoms with van der Waals surface area (Å²) in [5.74, 6) is 0. The van der Waals surface area contributed by atoms with Gasteiger partial charge in [-0.15, -0.1) is 0 Å². The summed E-state index contributed by atoms with van der Waals surface area (Å²) in [6, 6.07) is 0. The molecular weight excluding hydrogens is 170 g/mol. The van der Waals surface area contributed by atoms with Crippen LogP contribution in [0.2, 0.25) is 0 Å². The minimum atomic E-state index is 0.284. The third kappa shape index (κ3) is 3.23. The molecule has 0 aromatic rings. The normalized spacial score (nSPS) is 19.8. The predicted octanol–water partition coefficient (Wildman–Crippen LogP) is 0.799. The van der Waals surface area contributed by atoms with Gasteiger partial charge in [0.25, 0.3) is 0 Å². The Labute approximate surface area is 79.2 Å². The minimum Gasteiger partial charge on any atom is -0.381 e. The van der Waals surface area contributed by atoms with Gasteiger partial charge in [0.15, 0.2) is 0 Å². The van der Waals surface area contributed by atoms with Gasteiger partial charge in [-0.3, -0.25) is 0 Å². The molecule has 0 aliphatic carbocycles. The Kier molecular flexibility index (Phi) is 4.66. The van der Waals surface area contributed by atoms with Gasteiger partial charge in [0, 0.05) is 18.6 Å². The Hall–Kier alpha value is -0.160. The van der Waals surface area contributed by atoms with Crippen molar-refractivity contribution in [1.29, 1.82) is 0 Å². The van der Waals surface area contributed by atoms with Crippen molar-refractivity contribution in [1.82, 2.24) is 5.48 Å². The van der Waals surface area contributed by atoms with Crippen molar-refractivity contribution >= 4 is 0 Å². The molecule has 0 atom stereocenters. The highest BCUT2D eigenvalue weighted by molar-refractivity contribution is 4.83. The quantitative estimate of drug-likeness (QED) is 0.459. The van der Waals surface area contributed by atoms with E-state index in [9.17, 15) is 0 Å². The van der Waals surface area contributed by atoms with E-state index in [2.05, 4.69) is 12.4 Å². The van der Waals surface area contributed by atoms with Gasteiger partial charge < -0.3 is 14.7 Å². The molecule has 1 heterocycles. The highest BCUT2D eigenvalue weighted by Gasteiger charge is 2.36. The van der Waals surface area contributed by atoms with Crippen LogP contribution in [0.5, 0.6) is 0 Å². The first-order chi connectivity index (χ1) is 6.33. The van der Waals surface area contributed by atoms with Crippen LogP contribution in [0.1, 0.15) is 19.8 Å². The van der Waals surface area contributed by atoms with E-state index in [1.54, 1.807) is 0 Å². The molecule has 1 aliphatic rings. The number of hydroxylamine groups is 1. The molecule has 1 rings (SSSR count). The number of nitrogens with one attached hydrogen (secondary N) is 1. The third-order valence-corrected chi connectivity index (χ3v) is 2.55. The van der Waals surface area contributed by atoms with Crippen LogP contribution in [0.4, 0.5) is 0 Å². The van der Waals surface area contributed by atoms with Crippen LogP contribution < -0.4 is 5.48 Å². The topological polar surface area (TPSA) is 50.7 Å². The van der Waals surface area contributed by atoms with Gasteiger partial charge in [-0.1, -0.05) is 6.92 Å². The van der Waals surface area contributed by atoms with E-state index >= 15 is 0 Å². The molecule has 0 radical (unpaired) electrons. The fraction of sp³-hybridized carbons (Fsp3) is 1.00. The summed E-state index contributed by atoms with van der Waals surface area (Å²) >= 11 is 0. The Morgan fingerprint density at radius 3 is 2.77 bits per heavy atom. The zero-order valence-electron chi connectivity index (χ0n) is 8.21. The smallest absolute Gasteiger partial charge is 0.0566 e. The Morgan fingerprint density at radius 2 is 2.31 bits per heavy atom. The number of hydrogen-bond acceptors (Lipinski definition) is 4. The molecule has 0 spiro atoms. The molecule has 13 heavy (non-hydrogen) atoms. The largest absolute Gasteiger partial charge is 0.381 e. The summed E-state index contributed by atoms with van der Waals surface area (Å²) in [6.45, 7) is 5.92. The highest BCUT2D eigenvalue weighted by atomic mass is 16.5. The molecule has 1 saturated heterocycles. The monoisotopic (exact) mass is 189 g/mol. The minimum absolute atomic E-state index is 0.284. The molecule has 1 aliphatic heterocycles. The first kappa shape index (κ1) is 10.9. The number of rotatable bonds is 7. The SMILES string of the molecule is CCC1(COCCCNO)COC1. The Morgan fingerprint density at radius 1 is 1.54 bits per heavy atom. The second-order valence-electron chi connectivity index (χ2n) is 3.66. The van der Waals surface area contributed by atoms with E-state index in [-0.39, 0.29) is 5.41 Å². The van der Waals surface area contributed by atoms with E-state index in [4.69, 9.17) is 14.7 Å². The van der Waals surface area contributed by atoms with Crippen molar-refractivity contribution in [3.8, 4) is 0 Å². The average molecular weight is 189 g/mol. The zero-order chi connectivity index (χ0) is 9.57. The second kappa shape index (κ2) is 5.54. The molecule has 0 bridgehead atoms. The number of hydrogen-bond donors (Lipinski definition) is 2. The zero-order valence-corrected chi connectivity index (χ0v) is 8.21. The lowest BCUT2D eigenvalue weighted by atomic mass is 9.84. The van der Waals surface area contributed by atoms with Gasteiger partial charge >= 0.3 is 0 Å². The summed E-state index contributed by atoms with van der Waals surface area (Å²) in [6.07, 6.45) is 1.96. The fourth-order valence-corrected chi connectivity index (χ4v) is 1.32. The molecule has 1 fully saturated rings. The lowest BCUT2D eigenvalue weighted by Gasteiger charge is -2.40. The van der Waals surface area contributed by atoms with E-state index in [0.717, 1.165) is 32.7 Å². The van der Waals surface area contributed by atoms with Crippen molar-refractivity contribution in [3.05, 3.63) is 0 Å². The molecule has 0 saturated carbocycles. The van der Waals surface area contributed by atoms with E-state index < -0.39 is 0 Å². The van der Waals surface area contributed by atoms with Gasteiger partial charge in [0.05, 0.1) is 19.8 Å². The van der Waals surface area contributed by atoms with Gasteiger partial charge in [-0.25, -0.2) is 5.48 Å². The van der Waals surface area contributed by atoms with Crippen LogP contribution in [0, 0.1) is 5.41 Å². The van der Waals surface area contributed by atoms with Crippen molar-refractivity contribution in [2.75, 3.05) is 33.0 Å². The summed E-state index contributed by atoms with van der Waals surface area (Å²) in [5, 5.41) is 8.30. The molecule has 0 amide bonds. The van der Waals surface area contributed by atoms with Gasteiger partial charge in [-0.05, 0) is 12.8 Å². The molecule has 0 aromatic carbocycles. The van der Waals surface area contributed by atoms with Crippen molar-refractivity contribution in [2.24, 2.45) is 5.41 Å². The summed E-state index contributed by atoms with van der Waals surface area (Å²) in [4.78, 5) is 0. The first-order valence-corrected chi connectivity index (χ1v) is 4.85. The van der Waals surface area contributed by atoms with Crippen LogP contribution in [0.25, 0.3) is 0 Å². The molecule has 0 unspecified atom stereocenters. The molecule has 78 valence electrons. The molecule has 4 nitrogen and oxygen atoms in total. The average Bonchev–Trinajstić information content (AvgIpc) is 2.09. The van der Waals surface area contributed by atoms with Crippen LogP contribution in [0.15, 0.2) is 0 Å². The van der Waals surface area contributed by atoms with Crippen LogP contribution in [-0.2, 0) is 9.47 Å². The number of ether oxygens (including phenoxy) is 2. The van der Waals surface area contributed by atoms with Crippen LogP contribution in [-0.4, -0.2) is 38.2 Å². The maximum Gasteiger partial charge on any atom is 0.0566 e. The second-order valence-corrected chi connectivity index (χ2v) is 3.66. The highest BCUT2D eigenvalue weighted by Crippen LogP contribution is 2.31. The van der Waals surface area contributed by atoms with Gasteiger partial charge in [0.2, 0.25) is 0 Å². The van der Waals surface area contributed by atoms with Crippen molar-refractivity contribution < 1.29 is 14.7 Å². The van der Waals surface area contributed by atoms with Gasteiger partial charge in [-0.2, -0.15) is 0 Å². The van der Waals surface area contributed by atoms with E-state index in [0.29, 0.717) is 13.2 Å². The van der Waals surface area contributed by atoms with Crippen molar-refractivity contribution in [3.63, 3.8) is 0 Å². The lowest BCUT2D eigenvalue weighted by Crippen LogP contribution is -2.45. The first-order valence-electron chi connectivity index (χ1n) is 4.85. The summed E-state index contributed by atoms with van der Waals surface area (Å²) < 4.78 is 10.7. The third-order valence-electron chi connectivity index (χ3n) is 2.55. The van der Waals surface area contributed by atoms with Crippen LogP contribution >= 0.6 is 0 Å². The maximum absolute atomic E-state index is 8.30. The lowest BCUT2D eigenvalue weighted by molar-refractivity contribution is -0.150. The molecule has 0 aromatic heterocycles. The van der Waals surface area contributed by atoms with E-state index in [1.165, 1.54) is 0 Å². The maximum atomic E-state index is 8.30. The van der Waals surface area contributed by atoms with Crippen molar-refractivity contribution in [2.45, 2.75) is 19.8 Å². The Bertz CT molecular complexity index is 131. The summed E-state index contributed by atoms with van der Waals surface area (Å²) in [5.41, 5.74) is 2.39. The van der Waals surface area contributed by atoms with Gasteiger partial charge in [0.1, 0.15) is 0 Å².